The number of aromatic nitrogens is 4. The number of nitrogen functional groups attached to an aromatic ring is 1. The van der Waals surface area contributed by atoms with E-state index in [0.29, 0.717) is 5.95 Å². The molecule has 1 aliphatic heterocycles. The van der Waals surface area contributed by atoms with Crippen molar-refractivity contribution in [3.8, 4) is 0 Å². The zero-order chi connectivity index (χ0) is 14.8. The Morgan fingerprint density at radius 2 is 1.95 bits per heavy atom. The van der Waals surface area contributed by atoms with Crippen LogP contribution in [0.25, 0.3) is 11.2 Å². The van der Waals surface area contributed by atoms with Gasteiger partial charge in [-0.15, -0.1) is 0 Å². The number of nitrogens with zero attached hydrogens (tertiary/aromatic N) is 5. The first-order valence-corrected chi connectivity index (χ1v) is 8.10. The summed E-state index contributed by atoms with van der Waals surface area (Å²) in [6.45, 7) is 6.74. The van der Waals surface area contributed by atoms with Crippen molar-refractivity contribution < 1.29 is 0 Å². The number of likely N-dealkylation sites (tertiary alicyclic amines) is 1. The molecule has 1 saturated heterocycles. The fourth-order valence-electron chi connectivity index (χ4n) is 3.34. The average Bonchev–Trinajstić information content (AvgIpc) is 3.13. The molecule has 0 atom stereocenters. The molecule has 2 N–H and O–H groups in total. The molecule has 2 aromatic rings. The number of rotatable bonds is 6. The van der Waals surface area contributed by atoms with Gasteiger partial charge < -0.3 is 10.6 Å². The highest BCUT2D eigenvalue weighted by Crippen LogP contribution is 2.22. The van der Waals surface area contributed by atoms with Crippen molar-refractivity contribution in [3.05, 3.63) is 5.69 Å². The predicted molar refractivity (Wildman–Crippen MR) is 85.2 cm³/mol. The second kappa shape index (κ2) is 6.05. The van der Waals surface area contributed by atoms with Crippen molar-refractivity contribution in [3.63, 3.8) is 0 Å². The highest BCUT2D eigenvalue weighted by atomic mass is 15.3. The maximum atomic E-state index is 6.12. The lowest BCUT2D eigenvalue weighted by atomic mass is 10.2. The van der Waals surface area contributed by atoms with Gasteiger partial charge in [0.1, 0.15) is 5.52 Å². The van der Waals surface area contributed by atoms with Crippen molar-refractivity contribution in [1.29, 1.82) is 0 Å². The third kappa shape index (κ3) is 2.77. The summed E-state index contributed by atoms with van der Waals surface area (Å²) in [5.41, 5.74) is 9.24. The first-order valence-electron chi connectivity index (χ1n) is 8.10. The van der Waals surface area contributed by atoms with E-state index in [4.69, 9.17) is 5.73 Å². The Bertz CT molecular complexity index is 605. The molecular formula is C15H26N6. The molecule has 0 bridgehead atoms. The number of hydrogen-bond acceptors (Lipinski definition) is 4. The Morgan fingerprint density at radius 3 is 2.67 bits per heavy atom. The smallest absolute Gasteiger partial charge is 0.202 e. The van der Waals surface area contributed by atoms with Gasteiger partial charge in [0.25, 0.3) is 0 Å². The Kier molecular flexibility index (Phi) is 4.14. The molecule has 1 fully saturated rings. The molecule has 3 heterocycles. The van der Waals surface area contributed by atoms with E-state index < -0.39 is 0 Å². The fourth-order valence-corrected chi connectivity index (χ4v) is 3.34. The third-order valence-corrected chi connectivity index (χ3v) is 4.36. The Morgan fingerprint density at radius 1 is 1.19 bits per heavy atom. The molecule has 0 radical (unpaired) electrons. The minimum atomic E-state index is 0.622. The van der Waals surface area contributed by atoms with E-state index in [-0.39, 0.29) is 0 Å². The Hall–Kier alpha value is -1.56. The van der Waals surface area contributed by atoms with Crippen molar-refractivity contribution in [2.75, 3.05) is 25.4 Å². The lowest BCUT2D eigenvalue weighted by molar-refractivity contribution is 0.326. The van der Waals surface area contributed by atoms with Gasteiger partial charge in [0.15, 0.2) is 5.65 Å². The van der Waals surface area contributed by atoms with Crippen LogP contribution in [0.2, 0.25) is 0 Å². The van der Waals surface area contributed by atoms with Crippen LogP contribution in [0.4, 0.5) is 5.95 Å². The summed E-state index contributed by atoms with van der Waals surface area (Å²) in [7, 11) is 1.99. The van der Waals surface area contributed by atoms with Crippen LogP contribution in [-0.2, 0) is 20.0 Å². The van der Waals surface area contributed by atoms with Crippen LogP contribution in [0, 0.1) is 0 Å². The van der Waals surface area contributed by atoms with Crippen molar-refractivity contribution in [2.24, 2.45) is 7.05 Å². The molecule has 1 aliphatic rings. The number of aryl methyl sites for hydroxylation is 3. The van der Waals surface area contributed by atoms with E-state index in [9.17, 15) is 0 Å². The van der Waals surface area contributed by atoms with Gasteiger partial charge >= 0.3 is 0 Å². The summed E-state index contributed by atoms with van der Waals surface area (Å²) in [6, 6.07) is 0. The summed E-state index contributed by atoms with van der Waals surface area (Å²) in [4.78, 5) is 7.08. The molecular weight excluding hydrogens is 264 g/mol. The summed E-state index contributed by atoms with van der Waals surface area (Å²) >= 11 is 0. The Balaban J connectivity index is 1.76. The maximum absolute atomic E-state index is 6.12. The second-order valence-corrected chi connectivity index (χ2v) is 6.02. The summed E-state index contributed by atoms with van der Waals surface area (Å²) < 4.78 is 4.05. The van der Waals surface area contributed by atoms with E-state index in [0.717, 1.165) is 49.2 Å². The van der Waals surface area contributed by atoms with Gasteiger partial charge in [-0.1, -0.05) is 13.3 Å². The summed E-state index contributed by atoms with van der Waals surface area (Å²) in [5.74, 6) is 0.622. The number of fused-ring (bicyclic) bond motifs is 1. The number of hydrogen-bond donors (Lipinski definition) is 1. The van der Waals surface area contributed by atoms with Crippen LogP contribution in [-0.4, -0.2) is 43.9 Å². The second-order valence-electron chi connectivity index (χ2n) is 6.02. The van der Waals surface area contributed by atoms with Crippen LogP contribution >= 0.6 is 0 Å². The van der Waals surface area contributed by atoms with Crippen molar-refractivity contribution in [1.82, 2.24) is 24.2 Å². The van der Waals surface area contributed by atoms with Gasteiger partial charge in [-0.25, -0.2) is 4.98 Å². The molecule has 0 aliphatic carbocycles. The van der Waals surface area contributed by atoms with E-state index in [1.54, 1.807) is 0 Å². The highest BCUT2D eigenvalue weighted by Gasteiger charge is 2.18. The summed E-state index contributed by atoms with van der Waals surface area (Å²) in [6.07, 6.45) is 5.85. The number of anilines is 1. The van der Waals surface area contributed by atoms with Gasteiger partial charge in [-0.05, 0) is 45.3 Å². The van der Waals surface area contributed by atoms with Gasteiger partial charge in [-0.2, -0.15) is 5.10 Å². The monoisotopic (exact) mass is 290 g/mol. The first kappa shape index (κ1) is 14.4. The standard InChI is InChI=1S/C15H26N6/c1-3-7-12-13-14(19(2)18-12)21(15(16)17-13)11-6-10-20-8-4-5-9-20/h3-11H2,1-2H3,(H2,16,17). The first-order chi connectivity index (χ1) is 10.2. The van der Waals surface area contributed by atoms with Gasteiger partial charge in [-0.3, -0.25) is 9.25 Å². The lowest BCUT2D eigenvalue weighted by Crippen LogP contribution is -2.22. The predicted octanol–water partition coefficient (Wildman–Crippen LogP) is 1.79. The molecule has 0 spiro atoms. The molecule has 6 nitrogen and oxygen atoms in total. The molecule has 0 aromatic carbocycles. The SMILES string of the molecule is CCCc1nn(C)c2c1nc(N)n2CCCN1CCCC1. The van der Waals surface area contributed by atoms with Crippen LogP contribution in [0.1, 0.15) is 38.3 Å². The average molecular weight is 290 g/mol. The zero-order valence-corrected chi connectivity index (χ0v) is 13.2. The zero-order valence-electron chi connectivity index (χ0n) is 13.2. The van der Waals surface area contributed by atoms with E-state index in [2.05, 4.69) is 26.5 Å². The van der Waals surface area contributed by atoms with E-state index in [1.807, 2.05) is 11.7 Å². The molecule has 2 aromatic heterocycles. The normalized spacial score (nSPS) is 16.3. The lowest BCUT2D eigenvalue weighted by Gasteiger charge is -2.14. The molecule has 6 heteroatoms. The topological polar surface area (TPSA) is 64.9 Å². The number of nitrogens with two attached hydrogens (primary N) is 1. The van der Waals surface area contributed by atoms with Gasteiger partial charge in [0.2, 0.25) is 5.95 Å². The molecule has 0 amide bonds. The highest BCUT2D eigenvalue weighted by molar-refractivity contribution is 5.77. The van der Waals surface area contributed by atoms with Crippen molar-refractivity contribution >= 4 is 17.1 Å². The molecule has 3 rings (SSSR count). The van der Waals surface area contributed by atoms with Gasteiger partial charge in [0, 0.05) is 13.6 Å². The third-order valence-electron chi connectivity index (χ3n) is 4.36. The van der Waals surface area contributed by atoms with E-state index in [1.165, 1.54) is 25.9 Å². The fraction of sp³-hybridized carbons (Fsp3) is 0.733. The largest absolute Gasteiger partial charge is 0.369 e. The molecule has 0 unspecified atom stereocenters. The van der Waals surface area contributed by atoms with Crippen LogP contribution in [0.3, 0.4) is 0 Å². The quantitative estimate of drug-likeness (QED) is 0.881. The molecule has 116 valence electrons. The minimum Gasteiger partial charge on any atom is -0.369 e. The summed E-state index contributed by atoms with van der Waals surface area (Å²) in [5, 5.41) is 4.59. The maximum Gasteiger partial charge on any atom is 0.202 e. The van der Waals surface area contributed by atoms with E-state index >= 15 is 0 Å². The molecule has 21 heavy (non-hydrogen) atoms. The molecule has 0 saturated carbocycles. The van der Waals surface area contributed by atoms with Crippen LogP contribution in [0.5, 0.6) is 0 Å². The van der Waals surface area contributed by atoms with Crippen LogP contribution in [0.15, 0.2) is 0 Å². The number of imidazole rings is 1. The van der Waals surface area contributed by atoms with Crippen molar-refractivity contribution in [2.45, 2.75) is 45.6 Å². The van der Waals surface area contributed by atoms with Crippen LogP contribution < -0.4 is 5.73 Å². The minimum absolute atomic E-state index is 0.622. The Labute approximate surface area is 125 Å². The van der Waals surface area contributed by atoms with Gasteiger partial charge in [0.05, 0.1) is 5.69 Å².